The summed E-state index contributed by atoms with van der Waals surface area (Å²) in [6, 6.07) is 7.56. The lowest BCUT2D eigenvalue weighted by Gasteiger charge is -2.34. The summed E-state index contributed by atoms with van der Waals surface area (Å²) in [5.41, 5.74) is 0.525. The minimum Gasteiger partial charge on any atom is -0.379 e. The van der Waals surface area contributed by atoms with Crippen molar-refractivity contribution in [1.82, 2.24) is 15.2 Å². The zero-order chi connectivity index (χ0) is 16.1. The highest BCUT2D eigenvalue weighted by Gasteiger charge is 2.24. The molecular weight excluding hydrogens is 334 g/mol. The van der Waals surface area contributed by atoms with Gasteiger partial charge in [-0.3, -0.25) is 9.69 Å². The van der Waals surface area contributed by atoms with Gasteiger partial charge < -0.3 is 10.1 Å². The monoisotopic (exact) mass is 351 g/mol. The third-order valence-electron chi connectivity index (χ3n) is 3.80. The molecule has 1 aliphatic heterocycles. The number of amides is 1. The van der Waals surface area contributed by atoms with Crippen LogP contribution in [0, 0.1) is 0 Å². The fourth-order valence-corrected chi connectivity index (χ4v) is 3.65. The lowest BCUT2D eigenvalue weighted by Crippen LogP contribution is -2.43. The van der Waals surface area contributed by atoms with E-state index in [1.807, 2.05) is 6.07 Å². The van der Waals surface area contributed by atoms with Crippen LogP contribution in [0.2, 0.25) is 5.15 Å². The average molecular weight is 352 g/mol. The molecule has 1 aliphatic rings. The Labute approximate surface area is 144 Å². The predicted molar refractivity (Wildman–Crippen MR) is 91.0 cm³/mol. The smallest absolute Gasteiger partial charge is 0.251 e. The Morgan fingerprint density at radius 1 is 1.43 bits per heavy atom. The first kappa shape index (κ1) is 16.4. The number of halogens is 1. The number of pyridine rings is 1. The van der Waals surface area contributed by atoms with Crippen molar-refractivity contribution in [3.63, 3.8) is 0 Å². The summed E-state index contributed by atoms with van der Waals surface area (Å²) < 4.78 is 5.43. The molecule has 1 saturated heterocycles. The van der Waals surface area contributed by atoms with Crippen LogP contribution >= 0.6 is 22.9 Å². The zero-order valence-corrected chi connectivity index (χ0v) is 14.1. The van der Waals surface area contributed by atoms with E-state index in [0.717, 1.165) is 26.3 Å². The quantitative estimate of drug-likeness (QED) is 0.841. The third-order valence-corrected chi connectivity index (χ3v) is 4.98. The molecule has 3 rings (SSSR count). The number of thiophene rings is 1. The fraction of sp³-hybridized carbons (Fsp3) is 0.375. The van der Waals surface area contributed by atoms with Crippen molar-refractivity contribution >= 4 is 28.8 Å². The number of nitrogens with zero attached hydrogens (tertiary/aromatic N) is 2. The number of carbonyl (C=O) groups is 1. The van der Waals surface area contributed by atoms with Crippen molar-refractivity contribution in [2.24, 2.45) is 0 Å². The normalized spacial score (nSPS) is 16.9. The van der Waals surface area contributed by atoms with Crippen molar-refractivity contribution in [3.05, 3.63) is 51.4 Å². The van der Waals surface area contributed by atoms with E-state index in [1.165, 1.54) is 11.1 Å². The number of hydrogen-bond acceptors (Lipinski definition) is 5. The van der Waals surface area contributed by atoms with Gasteiger partial charge in [-0.25, -0.2) is 4.98 Å². The van der Waals surface area contributed by atoms with E-state index in [-0.39, 0.29) is 11.9 Å². The fourth-order valence-electron chi connectivity index (χ4n) is 2.61. The number of rotatable bonds is 5. The molecule has 5 nitrogen and oxygen atoms in total. The van der Waals surface area contributed by atoms with Crippen molar-refractivity contribution in [1.29, 1.82) is 0 Å². The Morgan fingerprint density at radius 2 is 2.26 bits per heavy atom. The summed E-state index contributed by atoms with van der Waals surface area (Å²) in [5, 5.41) is 5.39. The minimum absolute atomic E-state index is 0.135. The second kappa shape index (κ2) is 7.88. The summed E-state index contributed by atoms with van der Waals surface area (Å²) in [6.07, 6.45) is 1.54. The number of nitrogens with one attached hydrogen (secondary N) is 1. The number of morpholine rings is 1. The van der Waals surface area contributed by atoms with Crippen LogP contribution in [0.3, 0.4) is 0 Å². The highest BCUT2D eigenvalue weighted by atomic mass is 35.5. The molecule has 2 aromatic rings. The first-order valence-corrected chi connectivity index (χ1v) is 8.75. The molecule has 1 atom stereocenters. The van der Waals surface area contributed by atoms with E-state index < -0.39 is 0 Å². The van der Waals surface area contributed by atoms with Gasteiger partial charge in [0.05, 0.1) is 19.3 Å². The molecule has 0 aromatic carbocycles. The molecule has 23 heavy (non-hydrogen) atoms. The molecule has 0 saturated carbocycles. The van der Waals surface area contributed by atoms with E-state index in [4.69, 9.17) is 16.3 Å². The summed E-state index contributed by atoms with van der Waals surface area (Å²) in [5.74, 6) is -0.135. The van der Waals surface area contributed by atoms with Gasteiger partial charge in [0, 0.05) is 36.3 Å². The molecule has 1 N–H and O–H groups in total. The highest BCUT2D eigenvalue weighted by molar-refractivity contribution is 7.10. The number of aromatic nitrogens is 1. The predicted octanol–water partition coefficient (Wildman–Crippen LogP) is 2.60. The van der Waals surface area contributed by atoms with Crippen LogP contribution in [0.15, 0.2) is 35.8 Å². The largest absolute Gasteiger partial charge is 0.379 e. The topological polar surface area (TPSA) is 54.5 Å². The van der Waals surface area contributed by atoms with Gasteiger partial charge >= 0.3 is 0 Å². The van der Waals surface area contributed by atoms with E-state index in [1.54, 1.807) is 23.5 Å². The molecular formula is C16H18ClN3O2S. The Balaban J connectivity index is 1.67. The van der Waals surface area contributed by atoms with Crippen molar-refractivity contribution in [3.8, 4) is 0 Å². The maximum Gasteiger partial charge on any atom is 0.251 e. The van der Waals surface area contributed by atoms with Crippen LogP contribution in [-0.2, 0) is 4.74 Å². The van der Waals surface area contributed by atoms with Crippen LogP contribution in [-0.4, -0.2) is 48.6 Å². The standard InChI is InChI=1S/C16H18ClN3O2S/c17-15-10-12(3-4-18-15)16(21)19-11-13(14-2-1-9-23-14)20-5-7-22-8-6-20/h1-4,9-10,13H,5-8,11H2,(H,19,21). The Morgan fingerprint density at radius 3 is 2.96 bits per heavy atom. The van der Waals surface area contributed by atoms with Crippen LogP contribution in [0.1, 0.15) is 21.3 Å². The third kappa shape index (κ3) is 4.29. The molecule has 2 aromatic heterocycles. The second-order valence-electron chi connectivity index (χ2n) is 5.26. The molecule has 0 radical (unpaired) electrons. The van der Waals surface area contributed by atoms with Crippen molar-refractivity contribution < 1.29 is 9.53 Å². The highest BCUT2D eigenvalue weighted by Crippen LogP contribution is 2.25. The van der Waals surface area contributed by atoms with E-state index in [2.05, 4.69) is 26.6 Å². The Hall–Kier alpha value is -1.47. The second-order valence-corrected chi connectivity index (χ2v) is 6.62. The van der Waals surface area contributed by atoms with Crippen molar-refractivity contribution in [2.75, 3.05) is 32.8 Å². The molecule has 0 spiro atoms. The first-order chi connectivity index (χ1) is 11.2. The molecule has 0 bridgehead atoms. The molecule has 7 heteroatoms. The van der Waals surface area contributed by atoms with Crippen molar-refractivity contribution in [2.45, 2.75) is 6.04 Å². The molecule has 0 aliphatic carbocycles. The van der Waals surface area contributed by atoms with Crippen LogP contribution < -0.4 is 5.32 Å². The molecule has 1 fully saturated rings. The van der Waals surface area contributed by atoms with Gasteiger partial charge in [0.2, 0.25) is 0 Å². The van der Waals surface area contributed by atoms with Crippen LogP contribution in [0.5, 0.6) is 0 Å². The summed E-state index contributed by atoms with van der Waals surface area (Å²) in [7, 11) is 0. The Bertz CT molecular complexity index is 645. The average Bonchev–Trinajstić information content (AvgIpc) is 3.10. The lowest BCUT2D eigenvalue weighted by molar-refractivity contribution is 0.0169. The SMILES string of the molecule is O=C(NCC(c1cccs1)N1CCOCC1)c1ccnc(Cl)c1. The number of ether oxygens (including phenoxy) is 1. The Kier molecular flexibility index (Phi) is 5.61. The summed E-state index contributed by atoms with van der Waals surface area (Å²) >= 11 is 7.55. The molecule has 3 heterocycles. The summed E-state index contributed by atoms with van der Waals surface area (Å²) in [6.45, 7) is 3.77. The van der Waals surface area contributed by atoms with Gasteiger partial charge in [-0.05, 0) is 23.6 Å². The minimum atomic E-state index is -0.135. The van der Waals surface area contributed by atoms with Gasteiger partial charge in [-0.15, -0.1) is 11.3 Å². The van der Waals surface area contributed by atoms with Gasteiger partial charge in [-0.2, -0.15) is 0 Å². The van der Waals surface area contributed by atoms with Gasteiger partial charge in [0.15, 0.2) is 0 Å². The number of carbonyl (C=O) groups excluding carboxylic acids is 1. The zero-order valence-electron chi connectivity index (χ0n) is 12.6. The number of hydrogen-bond donors (Lipinski definition) is 1. The maximum absolute atomic E-state index is 12.3. The van der Waals surface area contributed by atoms with Crippen LogP contribution in [0.25, 0.3) is 0 Å². The lowest BCUT2D eigenvalue weighted by atomic mass is 10.1. The molecule has 1 amide bonds. The van der Waals surface area contributed by atoms with Gasteiger partial charge in [0.25, 0.3) is 5.91 Å². The van der Waals surface area contributed by atoms with Gasteiger partial charge in [-0.1, -0.05) is 17.7 Å². The summed E-state index contributed by atoms with van der Waals surface area (Å²) in [4.78, 5) is 19.8. The molecule has 1 unspecified atom stereocenters. The van der Waals surface area contributed by atoms with E-state index in [9.17, 15) is 4.79 Å². The maximum atomic E-state index is 12.3. The van der Waals surface area contributed by atoms with E-state index in [0.29, 0.717) is 17.3 Å². The van der Waals surface area contributed by atoms with Gasteiger partial charge in [0.1, 0.15) is 5.15 Å². The first-order valence-electron chi connectivity index (χ1n) is 7.49. The van der Waals surface area contributed by atoms with E-state index >= 15 is 0 Å². The van der Waals surface area contributed by atoms with Crippen LogP contribution in [0.4, 0.5) is 0 Å². The molecule has 122 valence electrons.